The van der Waals surface area contributed by atoms with Crippen molar-refractivity contribution in [3.05, 3.63) is 95.6 Å². The minimum Gasteiger partial charge on any atom is -0.367 e. The van der Waals surface area contributed by atoms with E-state index in [1.807, 2.05) is 83.5 Å². The van der Waals surface area contributed by atoms with Crippen LogP contribution in [0.4, 0.5) is 0 Å². The summed E-state index contributed by atoms with van der Waals surface area (Å²) in [5.41, 5.74) is 0.437. The van der Waals surface area contributed by atoms with Gasteiger partial charge < -0.3 is 20.0 Å². The first-order chi connectivity index (χ1) is 16.8. The van der Waals surface area contributed by atoms with Crippen LogP contribution in [0.1, 0.15) is 30.9 Å². The van der Waals surface area contributed by atoms with Gasteiger partial charge in [0.1, 0.15) is 8.64 Å². The Morgan fingerprint density at radius 2 is 1.86 bits per heavy atom. The van der Waals surface area contributed by atoms with Crippen molar-refractivity contribution in [2.45, 2.75) is 31.2 Å². The lowest BCUT2D eigenvalue weighted by Crippen LogP contribution is -2.49. The molecule has 8 heteroatoms. The molecule has 0 saturated carbocycles. The van der Waals surface area contributed by atoms with Crippen molar-refractivity contribution < 1.29 is 10.2 Å². The highest BCUT2D eigenvalue weighted by atomic mass is 32.2. The second-order valence-corrected chi connectivity index (χ2v) is 11.6. The SMILES string of the molecule is CCC(O)(c1ccccc1)N(CC1C=CC=C(CN2C(=S)SCC2(O)c2ccccc2)C1)C(=S)S. The van der Waals surface area contributed by atoms with Crippen molar-refractivity contribution in [3.63, 3.8) is 0 Å². The van der Waals surface area contributed by atoms with Crippen LogP contribution in [0.3, 0.4) is 0 Å². The minimum atomic E-state index is -1.24. The van der Waals surface area contributed by atoms with E-state index in [1.165, 1.54) is 17.3 Å². The third-order valence-corrected chi connectivity index (χ3v) is 8.77. The largest absolute Gasteiger partial charge is 0.367 e. The van der Waals surface area contributed by atoms with Crippen molar-refractivity contribution in [2.24, 2.45) is 5.92 Å². The molecule has 184 valence electrons. The lowest BCUT2D eigenvalue weighted by molar-refractivity contribution is -0.0806. The fourth-order valence-electron chi connectivity index (χ4n) is 4.75. The molecule has 3 unspecified atom stereocenters. The summed E-state index contributed by atoms with van der Waals surface area (Å²) < 4.78 is 1.06. The van der Waals surface area contributed by atoms with Gasteiger partial charge in [0.15, 0.2) is 11.4 Å². The molecule has 0 radical (unpaired) electrons. The van der Waals surface area contributed by atoms with Gasteiger partial charge in [0.05, 0.1) is 5.75 Å². The zero-order valence-electron chi connectivity index (χ0n) is 19.6. The molecule has 2 N–H and O–H groups in total. The van der Waals surface area contributed by atoms with Gasteiger partial charge in [-0.05, 0) is 18.8 Å². The molecule has 4 rings (SSSR count). The van der Waals surface area contributed by atoms with E-state index in [-0.39, 0.29) is 5.92 Å². The number of thiocarbonyl (C=S) groups is 2. The Morgan fingerprint density at radius 1 is 1.20 bits per heavy atom. The second kappa shape index (κ2) is 11.2. The molecular formula is C27H30N2O2S4. The minimum absolute atomic E-state index is 0.121. The summed E-state index contributed by atoms with van der Waals surface area (Å²) >= 11 is 17.1. The van der Waals surface area contributed by atoms with Crippen LogP contribution in [-0.2, 0) is 11.4 Å². The first-order valence-corrected chi connectivity index (χ1v) is 13.9. The normalized spacial score (nSPS) is 23.7. The first-order valence-electron chi connectivity index (χ1n) is 11.6. The molecule has 35 heavy (non-hydrogen) atoms. The highest BCUT2D eigenvalue weighted by Gasteiger charge is 2.44. The number of thioether (sulfide) groups is 1. The van der Waals surface area contributed by atoms with Crippen molar-refractivity contribution >= 4 is 57.5 Å². The predicted molar refractivity (Wildman–Crippen MR) is 156 cm³/mol. The fourth-order valence-corrected chi connectivity index (χ4v) is 6.64. The Balaban J connectivity index is 1.51. The Morgan fingerprint density at radius 3 is 2.49 bits per heavy atom. The van der Waals surface area contributed by atoms with Gasteiger partial charge >= 0.3 is 0 Å². The highest BCUT2D eigenvalue weighted by Crippen LogP contribution is 2.40. The quantitative estimate of drug-likeness (QED) is 0.233. The zero-order chi connectivity index (χ0) is 25.1. The van der Waals surface area contributed by atoms with Crippen LogP contribution in [0.15, 0.2) is 84.5 Å². The van der Waals surface area contributed by atoms with Crippen LogP contribution < -0.4 is 0 Å². The molecule has 0 bridgehead atoms. The average Bonchev–Trinajstić information content (AvgIpc) is 3.17. The summed E-state index contributed by atoms with van der Waals surface area (Å²) in [4.78, 5) is 3.74. The van der Waals surface area contributed by atoms with Gasteiger partial charge in [-0.3, -0.25) is 0 Å². The molecule has 1 heterocycles. The number of rotatable bonds is 8. The van der Waals surface area contributed by atoms with E-state index < -0.39 is 11.4 Å². The van der Waals surface area contributed by atoms with E-state index in [9.17, 15) is 10.2 Å². The van der Waals surface area contributed by atoms with Gasteiger partial charge in [-0.2, -0.15) is 0 Å². The maximum Gasteiger partial charge on any atom is 0.175 e. The maximum atomic E-state index is 11.7. The Labute approximate surface area is 228 Å². The summed E-state index contributed by atoms with van der Waals surface area (Å²) in [6.45, 7) is 3.02. The molecule has 2 aromatic carbocycles. The highest BCUT2D eigenvalue weighted by molar-refractivity contribution is 8.23. The van der Waals surface area contributed by atoms with Gasteiger partial charge in [-0.1, -0.05) is 128 Å². The van der Waals surface area contributed by atoms with Crippen molar-refractivity contribution in [1.82, 2.24) is 9.80 Å². The topological polar surface area (TPSA) is 46.9 Å². The molecule has 1 saturated heterocycles. The number of nitrogens with zero attached hydrogens (tertiary/aromatic N) is 2. The van der Waals surface area contributed by atoms with Gasteiger partial charge in [0, 0.05) is 24.2 Å². The molecule has 1 fully saturated rings. The molecule has 2 aromatic rings. The van der Waals surface area contributed by atoms with Crippen LogP contribution in [0.5, 0.6) is 0 Å². The van der Waals surface area contributed by atoms with Crippen molar-refractivity contribution in [2.75, 3.05) is 18.8 Å². The van der Waals surface area contributed by atoms with Gasteiger partial charge in [-0.15, -0.1) is 12.6 Å². The van der Waals surface area contributed by atoms with Crippen molar-refractivity contribution in [1.29, 1.82) is 0 Å². The van der Waals surface area contributed by atoms with Crippen LogP contribution in [0.25, 0.3) is 0 Å². The number of benzene rings is 2. The van der Waals surface area contributed by atoms with Crippen molar-refractivity contribution in [3.8, 4) is 0 Å². The van der Waals surface area contributed by atoms with Crippen LogP contribution >= 0.6 is 48.8 Å². The molecule has 2 aliphatic rings. The van der Waals surface area contributed by atoms with E-state index in [0.717, 1.165) is 17.5 Å². The first kappa shape index (κ1) is 26.4. The van der Waals surface area contributed by atoms with Crippen LogP contribution in [0.2, 0.25) is 0 Å². The smallest absolute Gasteiger partial charge is 0.175 e. The molecule has 0 spiro atoms. The number of hydrogen-bond donors (Lipinski definition) is 3. The molecule has 0 aromatic heterocycles. The number of hydrogen-bond acceptors (Lipinski definition) is 5. The predicted octanol–water partition coefficient (Wildman–Crippen LogP) is 5.44. The number of allylic oxidation sites excluding steroid dienone is 2. The van der Waals surface area contributed by atoms with E-state index in [1.54, 1.807) is 0 Å². The molecule has 1 aliphatic carbocycles. The van der Waals surface area contributed by atoms with E-state index in [4.69, 9.17) is 24.4 Å². The summed E-state index contributed by atoms with van der Waals surface area (Å²) in [5.74, 6) is 0.626. The zero-order valence-corrected chi connectivity index (χ0v) is 22.9. The molecule has 0 amide bonds. The summed E-state index contributed by atoms with van der Waals surface area (Å²) in [5, 5.41) is 23.2. The Kier molecular flexibility index (Phi) is 8.41. The Bertz CT molecular complexity index is 1120. The van der Waals surface area contributed by atoms with Gasteiger partial charge in [0.25, 0.3) is 0 Å². The summed E-state index contributed by atoms with van der Waals surface area (Å²) in [6.07, 6.45) is 7.53. The maximum absolute atomic E-state index is 11.7. The molecule has 4 nitrogen and oxygen atoms in total. The van der Waals surface area contributed by atoms with Gasteiger partial charge in [0.2, 0.25) is 0 Å². The van der Waals surface area contributed by atoms with E-state index >= 15 is 0 Å². The lowest BCUT2D eigenvalue weighted by Gasteiger charge is -2.42. The number of aliphatic hydroxyl groups is 2. The lowest BCUT2D eigenvalue weighted by atomic mass is 9.91. The number of thiol groups is 1. The third-order valence-electron chi connectivity index (χ3n) is 6.72. The fraction of sp³-hybridized carbons (Fsp3) is 0.333. The molecule has 3 atom stereocenters. The molecule has 1 aliphatic heterocycles. The summed E-state index contributed by atoms with van der Waals surface area (Å²) in [6, 6.07) is 19.3. The summed E-state index contributed by atoms with van der Waals surface area (Å²) in [7, 11) is 0. The third kappa shape index (κ3) is 5.53. The average molecular weight is 543 g/mol. The van der Waals surface area contributed by atoms with E-state index in [2.05, 4.69) is 24.8 Å². The van der Waals surface area contributed by atoms with E-state index in [0.29, 0.717) is 33.9 Å². The Hall–Kier alpha value is -1.68. The van der Waals surface area contributed by atoms with Gasteiger partial charge in [-0.25, -0.2) is 0 Å². The monoisotopic (exact) mass is 542 g/mol. The molecular weight excluding hydrogens is 513 g/mol. The second-order valence-electron chi connectivity index (χ2n) is 8.93. The standard InChI is InChI=1S/C27H30N2O2S4/c1-2-26(30,22-12-5-3-6-13-22)28(24(32)33)17-20-10-9-11-21(16-20)18-29-25(34)35-19-27(29,31)23-14-7-4-8-15-23/h3-15,20,30-31H,2,16-19H2,1H3,(H,32,33). The van der Waals surface area contributed by atoms with Crippen LogP contribution in [-0.4, -0.2) is 47.5 Å². The van der Waals surface area contributed by atoms with Crippen LogP contribution in [0, 0.1) is 5.92 Å².